The molecule has 6 heteroatoms. The van der Waals surface area contributed by atoms with Crippen LogP contribution in [0.2, 0.25) is 0 Å². The lowest BCUT2D eigenvalue weighted by atomic mass is 10.1. The number of hydrogen-bond acceptors (Lipinski definition) is 5. The molecule has 144 valence electrons. The van der Waals surface area contributed by atoms with E-state index in [1.165, 1.54) is 23.5 Å². The largest absolute Gasteiger partial charge is 0.491 e. The molecule has 0 aliphatic heterocycles. The molecule has 3 rings (SSSR count). The molecular formula is C22H24N4O2. The summed E-state index contributed by atoms with van der Waals surface area (Å²) in [5, 5.41) is 6.00. The van der Waals surface area contributed by atoms with Crippen LogP contribution in [0.3, 0.4) is 0 Å². The molecule has 0 saturated carbocycles. The third-order valence-electron chi connectivity index (χ3n) is 4.10. The number of rotatable bonds is 7. The molecule has 0 unspecified atom stereocenters. The van der Waals surface area contributed by atoms with Gasteiger partial charge in [0.1, 0.15) is 5.75 Å². The van der Waals surface area contributed by atoms with Crippen molar-refractivity contribution in [1.82, 2.24) is 9.97 Å². The summed E-state index contributed by atoms with van der Waals surface area (Å²) < 4.78 is 5.59. The maximum atomic E-state index is 12.4. The summed E-state index contributed by atoms with van der Waals surface area (Å²) >= 11 is 0. The topological polar surface area (TPSA) is 76.1 Å². The first kappa shape index (κ1) is 19.4. The van der Waals surface area contributed by atoms with Gasteiger partial charge in [0, 0.05) is 24.6 Å². The van der Waals surface area contributed by atoms with E-state index in [0.29, 0.717) is 23.7 Å². The number of aryl methyl sites for hydroxylation is 1. The Kier molecular flexibility index (Phi) is 6.22. The normalized spacial score (nSPS) is 10.6. The van der Waals surface area contributed by atoms with Crippen LogP contribution in [0, 0.1) is 6.92 Å². The number of amides is 1. The van der Waals surface area contributed by atoms with Crippen LogP contribution < -0.4 is 15.4 Å². The third-order valence-corrected chi connectivity index (χ3v) is 4.10. The van der Waals surface area contributed by atoms with Crippen molar-refractivity contribution in [3.8, 4) is 5.75 Å². The molecule has 1 aromatic heterocycles. The lowest BCUT2D eigenvalue weighted by Crippen LogP contribution is -2.13. The second-order valence-corrected chi connectivity index (χ2v) is 6.72. The lowest BCUT2D eigenvalue weighted by molar-refractivity contribution is 0.102. The highest BCUT2D eigenvalue weighted by Crippen LogP contribution is 2.17. The molecule has 0 fully saturated rings. The molecule has 0 aliphatic carbocycles. The highest BCUT2D eigenvalue weighted by atomic mass is 16.5. The number of aromatic nitrogens is 2. The summed E-state index contributed by atoms with van der Waals surface area (Å²) in [4.78, 5) is 20.8. The first-order valence-electron chi connectivity index (χ1n) is 9.20. The van der Waals surface area contributed by atoms with E-state index in [1.54, 1.807) is 12.1 Å². The molecule has 28 heavy (non-hydrogen) atoms. The van der Waals surface area contributed by atoms with E-state index < -0.39 is 0 Å². The average molecular weight is 376 g/mol. The SMILES string of the molecule is Cc1ccccc1CNc1ncc(C(=O)Nc2ccc(OC(C)C)cc2)cn1. The number of nitrogens with one attached hydrogen (secondary N) is 2. The van der Waals surface area contributed by atoms with Gasteiger partial charge in [-0.15, -0.1) is 0 Å². The number of anilines is 2. The minimum absolute atomic E-state index is 0.107. The quantitative estimate of drug-likeness (QED) is 0.638. The summed E-state index contributed by atoms with van der Waals surface area (Å²) in [5.74, 6) is 0.985. The van der Waals surface area contributed by atoms with E-state index in [-0.39, 0.29) is 12.0 Å². The third kappa shape index (κ3) is 5.30. The zero-order valence-electron chi connectivity index (χ0n) is 16.3. The maximum Gasteiger partial charge on any atom is 0.258 e. The van der Waals surface area contributed by atoms with Crippen LogP contribution in [0.4, 0.5) is 11.6 Å². The van der Waals surface area contributed by atoms with Crippen LogP contribution >= 0.6 is 0 Å². The Morgan fingerprint density at radius 3 is 2.36 bits per heavy atom. The molecule has 1 amide bonds. The summed E-state index contributed by atoms with van der Waals surface area (Å²) in [7, 11) is 0. The van der Waals surface area contributed by atoms with Crippen molar-refractivity contribution in [3.63, 3.8) is 0 Å². The molecule has 0 radical (unpaired) electrons. The Labute approximate surface area is 165 Å². The van der Waals surface area contributed by atoms with Gasteiger partial charge in [-0.1, -0.05) is 24.3 Å². The van der Waals surface area contributed by atoms with E-state index in [1.807, 2.05) is 38.1 Å². The number of hydrogen-bond donors (Lipinski definition) is 2. The fourth-order valence-electron chi connectivity index (χ4n) is 2.61. The van der Waals surface area contributed by atoms with Crippen LogP contribution in [0.1, 0.15) is 35.3 Å². The van der Waals surface area contributed by atoms with Crippen LogP contribution in [0.5, 0.6) is 5.75 Å². The van der Waals surface area contributed by atoms with Gasteiger partial charge in [-0.3, -0.25) is 4.79 Å². The van der Waals surface area contributed by atoms with E-state index in [9.17, 15) is 4.79 Å². The molecule has 2 N–H and O–H groups in total. The van der Waals surface area contributed by atoms with Gasteiger partial charge in [0.2, 0.25) is 5.95 Å². The minimum Gasteiger partial charge on any atom is -0.491 e. The van der Waals surface area contributed by atoms with Gasteiger partial charge in [0.05, 0.1) is 11.7 Å². The van der Waals surface area contributed by atoms with Crippen molar-refractivity contribution >= 4 is 17.5 Å². The smallest absolute Gasteiger partial charge is 0.258 e. The monoisotopic (exact) mass is 376 g/mol. The molecule has 0 saturated heterocycles. The number of benzene rings is 2. The van der Waals surface area contributed by atoms with Gasteiger partial charge in [-0.05, 0) is 56.2 Å². The van der Waals surface area contributed by atoms with Crippen molar-refractivity contribution in [2.75, 3.05) is 10.6 Å². The summed E-state index contributed by atoms with van der Waals surface area (Å²) in [6, 6.07) is 15.4. The Balaban J connectivity index is 1.56. The Bertz CT molecular complexity index is 922. The molecule has 6 nitrogen and oxygen atoms in total. The van der Waals surface area contributed by atoms with Crippen molar-refractivity contribution in [2.45, 2.75) is 33.4 Å². The van der Waals surface area contributed by atoms with Crippen molar-refractivity contribution in [2.24, 2.45) is 0 Å². The minimum atomic E-state index is -0.261. The fraction of sp³-hybridized carbons (Fsp3) is 0.227. The van der Waals surface area contributed by atoms with Gasteiger partial charge in [-0.25, -0.2) is 9.97 Å². The van der Waals surface area contributed by atoms with Crippen LogP contribution in [-0.2, 0) is 6.54 Å². The molecule has 2 aromatic carbocycles. The highest BCUT2D eigenvalue weighted by Gasteiger charge is 2.08. The number of ether oxygens (including phenoxy) is 1. The molecule has 0 bridgehead atoms. The lowest BCUT2D eigenvalue weighted by Gasteiger charge is -2.11. The molecule has 0 aliphatic rings. The van der Waals surface area contributed by atoms with Crippen molar-refractivity contribution < 1.29 is 9.53 Å². The number of nitrogens with zero attached hydrogens (tertiary/aromatic N) is 2. The van der Waals surface area contributed by atoms with Gasteiger partial charge in [-0.2, -0.15) is 0 Å². The second-order valence-electron chi connectivity index (χ2n) is 6.72. The van der Waals surface area contributed by atoms with Crippen molar-refractivity contribution in [3.05, 3.63) is 77.6 Å². The van der Waals surface area contributed by atoms with E-state index in [4.69, 9.17) is 4.74 Å². The summed E-state index contributed by atoms with van der Waals surface area (Å²) in [5.41, 5.74) is 3.46. The summed E-state index contributed by atoms with van der Waals surface area (Å²) in [6.45, 7) is 6.63. The predicted molar refractivity (Wildman–Crippen MR) is 111 cm³/mol. The number of carbonyl (C=O) groups excluding carboxylic acids is 1. The molecule has 3 aromatic rings. The highest BCUT2D eigenvalue weighted by molar-refractivity contribution is 6.03. The predicted octanol–water partition coefficient (Wildman–Crippen LogP) is 4.44. The van der Waals surface area contributed by atoms with Crippen molar-refractivity contribution in [1.29, 1.82) is 0 Å². The van der Waals surface area contributed by atoms with Gasteiger partial charge >= 0.3 is 0 Å². The number of carbonyl (C=O) groups is 1. The Hall–Kier alpha value is -3.41. The first-order valence-corrected chi connectivity index (χ1v) is 9.20. The molecule has 0 spiro atoms. The van der Waals surface area contributed by atoms with Gasteiger partial charge in [0.15, 0.2) is 0 Å². The standard InChI is InChI=1S/C22H24N4O2/c1-15(2)28-20-10-8-19(9-11-20)26-21(27)18-13-24-22(25-14-18)23-12-17-7-5-4-6-16(17)3/h4-11,13-15H,12H2,1-3H3,(H,26,27)(H,23,24,25). The second kappa shape index (κ2) is 8.99. The Morgan fingerprint density at radius 1 is 1.04 bits per heavy atom. The zero-order chi connectivity index (χ0) is 19.9. The van der Waals surface area contributed by atoms with Crippen LogP contribution in [0.25, 0.3) is 0 Å². The van der Waals surface area contributed by atoms with Crippen LogP contribution in [-0.4, -0.2) is 22.0 Å². The average Bonchev–Trinajstić information content (AvgIpc) is 2.69. The first-order chi connectivity index (χ1) is 13.5. The molecule has 1 heterocycles. The maximum absolute atomic E-state index is 12.4. The van der Waals surface area contributed by atoms with E-state index in [0.717, 1.165) is 5.75 Å². The Morgan fingerprint density at radius 2 is 1.71 bits per heavy atom. The molecule has 0 atom stereocenters. The van der Waals surface area contributed by atoms with Crippen LogP contribution in [0.15, 0.2) is 60.9 Å². The summed E-state index contributed by atoms with van der Waals surface area (Å²) in [6.07, 6.45) is 3.13. The van der Waals surface area contributed by atoms with Gasteiger partial charge in [0.25, 0.3) is 5.91 Å². The fourth-order valence-corrected chi connectivity index (χ4v) is 2.61. The molecular weight excluding hydrogens is 352 g/mol. The zero-order valence-corrected chi connectivity index (χ0v) is 16.3. The van der Waals surface area contributed by atoms with Gasteiger partial charge < -0.3 is 15.4 Å². The van der Waals surface area contributed by atoms with E-state index >= 15 is 0 Å². The van der Waals surface area contributed by atoms with E-state index in [2.05, 4.69) is 39.7 Å².